The monoisotopic (exact) mass is 366 g/mol. The van der Waals surface area contributed by atoms with Crippen LogP contribution in [0, 0.1) is 11.7 Å². The van der Waals surface area contributed by atoms with Crippen molar-refractivity contribution in [2.24, 2.45) is 5.92 Å². The first kappa shape index (κ1) is 18.2. The molecule has 1 amide bonds. The number of carbonyl (C=O) groups excluding carboxylic acids is 1. The zero-order valence-corrected chi connectivity index (χ0v) is 15.7. The highest BCUT2D eigenvalue weighted by atomic mass is 19.1. The molecule has 0 aromatic heterocycles. The summed E-state index contributed by atoms with van der Waals surface area (Å²) in [7, 11) is 0. The molecule has 1 saturated heterocycles. The maximum Gasteiger partial charge on any atom is 0.223 e. The Morgan fingerprint density at radius 1 is 1.07 bits per heavy atom. The van der Waals surface area contributed by atoms with Crippen LogP contribution >= 0.6 is 0 Å². The first-order valence-corrected chi connectivity index (χ1v) is 10.1. The van der Waals surface area contributed by atoms with Gasteiger partial charge in [0, 0.05) is 13.0 Å². The maximum atomic E-state index is 13.4. The molecule has 0 saturated carbocycles. The van der Waals surface area contributed by atoms with Crippen molar-refractivity contribution in [3.8, 4) is 0 Å². The van der Waals surface area contributed by atoms with Crippen LogP contribution in [0.25, 0.3) is 0 Å². The second-order valence-corrected chi connectivity index (χ2v) is 7.72. The predicted octanol–water partition coefficient (Wildman–Crippen LogP) is 4.08. The number of halogens is 1. The van der Waals surface area contributed by atoms with E-state index in [4.69, 9.17) is 0 Å². The van der Waals surface area contributed by atoms with E-state index < -0.39 is 0 Å². The summed E-state index contributed by atoms with van der Waals surface area (Å²) in [4.78, 5) is 15.1. The summed E-state index contributed by atoms with van der Waals surface area (Å²) in [6.07, 6.45) is 4.78. The summed E-state index contributed by atoms with van der Waals surface area (Å²) >= 11 is 0. The van der Waals surface area contributed by atoms with Gasteiger partial charge in [-0.1, -0.05) is 36.4 Å². The standard InChI is InChI=1S/C23H27FN2O/c24-20-8-6-19(7-9-20)23-21-4-2-1-3-18(21)13-16-26(23)22(27)10-5-17-11-14-25-15-12-17/h1-4,6-9,17,23,25H,5,10-16H2. The number of benzene rings is 2. The van der Waals surface area contributed by atoms with Crippen LogP contribution in [0.3, 0.4) is 0 Å². The summed E-state index contributed by atoms with van der Waals surface area (Å²) in [5.74, 6) is 0.625. The quantitative estimate of drug-likeness (QED) is 0.884. The summed E-state index contributed by atoms with van der Waals surface area (Å²) in [6.45, 7) is 2.85. The number of hydrogen-bond donors (Lipinski definition) is 1. The fraction of sp³-hybridized carbons (Fsp3) is 0.435. The molecule has 2 aromatic rings. The largest absolute Gasteiger partial charge is 0.331 e. The van der Waals surface area contributed by atoms with E-state index in [9.17, 15) is 9.18 Å². The molecule has 3 nitrogen and oxygen atoms in total. The minimum Gasteiger partial charge on any atom is -0.331 e. The van der Waals surface area contributed by atoms with Gasteiger partial charge in [-0.2, -0.15) is 0 Å². The van der Waals surface area contributed by atoms with Gasteiger partial charge in [0.15, 0.2) is 0 Å². The lowest BCUT2D eigenvalue weighted by molar-refractivity contribution is -0.133. The molecule has 1 N–H and O–H groups in total. The van der Waals surface area contributed by atoms with Gasteiger partial charge in [0.25, 0.3) is 0 Å². The molecule has 0 aliphatic carbocycles. The van der Waals surface area contributed by atoms with E-state index in [0.29, 0.717) is 12.3 Å². The number of rotatable bonds is 4. The minimum atomic E-state index is -0.244. The Kier molecular flexibility index (Phi) is 5.53. The molecule has 4 heteroatoms. The molecule has 2 aliphatic rings. The Bertz CT molecular complexity index is 783. The first-order valence-electron chi connectivity index (χ1n) is 10.1. The van der Waals surface area contributed by atoms with Crippen LogP contribution in [-0.4, -0.2) is 30.4 Å². The minimum absolute atomic E-state index is 0.115. The van der Waals surface area contributed by atoms with Crippen molar-refractivity contribution in [1.29, 1.82) is 0 Å². The van der Waals surface area contributed by atoms with Gasteiger partial charge in [-0.25, -0.2) is 4.39 Å². The van der Waals surface area contributed by atoms with Crippen molar-refractivity contribution < 1.29 is 9.18 Å². The maximum absolute atomic E-state index is 13.4. The Morgan fingerprint density at radius 2 is 1.81 bits per heavy atom. The number of hydrogen-bond acceptors (Lipinski definition) is 2. The van der Waals surface area contributed by atoms with Crippen molar-refractivity contribution in [3.63, 3.8) is 0 Å². The number of amides is 1. The van der Waals surface area contributed by atoms with Crippen molar-refractivity contribution >= 4 is 5.91 Å². The van der Waals surface area contributed by atoms with Crippen molar-refractivity contribution in [2.75, 3.05) is 19.6 Å². The van der Waals surface area contributed by atoms with Crippen LogP contribution in [0.2, 0.25) is 0 Å². The molecule has 0 spiro atoms. The molecule has 4 rings (SSSR count). The summed E-state index contributed by atoms with van der Waals surface area (Å²) in [6, 6.07) is 14.8. The highest BCUT2D eigenvalue weighted by Crippen LogP contribution is 2.36. The zero-order valence-electron chi connectivity index (χ0n) is 15.7. The van der Waals surface area contributed by atoms with Gasteiger partial charge in [0.1, 0.15) is 5.82 Å². The number of nitrogens with zero attached hydrogens (tertiary/aromatic N) is 1. The molecule has 2 aromatic carbocycles. The number of piperidine rings is 1. The third-order valence-electron chi connectivity index (χ3n) is 6.01. The second-order valence-electron chi connectivity index (χ2n) is 7.72. The van der Waals surface area contributed by atoms with Crippen LogP contribution in [0.4, 0.5) is 4.39 Å². The van der Waals surface area contributed by atoms with Gasteiger partial charge < -0.3 is 10.2 Å². The van der Waals surface area contributed by atoms with Gasteiger partial charge >= 0.3 is 0 Å². The molecule has 1 atom stereocenters. The van der Waals surface area contributed by atoms with Crippen LogP contribution < -0.4 is 5.32 Å². The lowest BCUT2D eigenvalue weighted by Gasteiger charge is -2.38. The third-order valence-corrected chi connectivity index (χ3v) is 6.01. The van der Waals surface area contributed by atoms with Gasteiger partial charge in [0.2, 0.25) is 5.91 Å². The lowest BCUT2D eigenvalue weighted by Crippen LogP contribution is -2.40. The van der Waals surface area contributed by atoms with Gasteiger partial charge in [-0.15, -0.1) is 0 Å². The van der Waals surface area contributed by atoms with E-state index in [1.165, 1.54) is 23.3 Å². The average molecular weight is 366 g/mol. The predicted molar refractivity (Wildman–Crippen MR) is 105 cm³/mol. The Labute approximate surface area is 160 Å². The molecule has 2 aliphatic heterocycles. The Morgan fingerprint density at radius 3 is 2.59 bits per heavy atom. The fourth-order valence-electron chi connectivity index (χ4n) is 4.48. The molecule has 1 fully saturated rings. The second kappa shape index (κ2) is 8.22. The first-order chi connectivity index (χ1) is 13.2. The number of carbonyl (C=O) groups is 1. The summed E-state index contributed by atoms with van der Waals surface area (Å²) in [5, 5.41) is 3.38. The van der Waals surface area contributed by atoms with Crippen LogP contribution in [-0.2, 0) is 11.2 Å². The van der Waals surface area contributed by atoms with Crippen molar-refractivity contribution in [3.05, 3.63) is 71.0 Å². The lowest BCUT2D eigenvalue weighted by atomic mass is 9.87. The van der Waals surface area contributed by atoms with Gasteiger partial charge in [-0.05, 0) is 73.5 Å². The SMILES string of the molecule is O=C(CCC1CCNCC1)N1CCc2ccccc2C1c1ccc(F)cc1. The Balaban J connectivity index is 1.56. The zero-order chi connectivity index (χ0) is 18.6. The van der Waals surface area contributed by atoms with E-state index in [0.717, 1.165) is 50.9 Å². The number of nitrogens with one attached hydrogen (secondary N) is 1. The molecular formula is C23H27FN2O. The molecule has 2 heterocycles. The van der Waals surface area contributed by atoms with Gasteiger partial charge in [0.05, 0.1) is 6.04 Å². The molecule has 1 unspecified atom stereocenters. The Hall–Kier alpha value is -2.20. The number of fused-ring (bicyclic) bond motifs is 1. The van der Waals surface area contributed by atoms with E-state index in [1.54, 1.807) is 0 Å². The summed E-state index contributed by atoms with van der Waals surface area (Å²) in [5.41, 5.74) is 3.44. The topological polar surface area (TPSA) is 32.3 Å². The van der Waals surface area contributed by atoms with Crippen LogP contribution in [0.5, 0.6) is 0 Å². The smallest absolute Gasteiger partial charge is 0.223 e. The van der Waals surface area contributed by atoms with E-state index in [-0.39, 0.29) is 17.8 Å². The fourth-order valence-corrected chi connectivity index (χ4v) is 4.48. The molecule has 142 valence electrons. The van der Waals surface area contributed by atoms with Crippen LogP contribution in [0.1, 0.15) is 48.4 Å². The van der Waals surface area contributed by atoms with Crippen molar-refractivity contribution in [2.45, 2.75) is 38.1 Å². The average Bonchev–Trinajstić information content (AvgIpc) is 2.72. The molecule has 0 bridgehead atoms. The highest BCUT2D eigenvalue weighted by molar-refractivity contribution is 5.77. The third kappa shape index (κ3) is 4.06. The normalized spacial score (nSPS) is 20.3. The van der Waals surface area contributed by atoms with E-state index in [2.05, 4.69) is 23.5 Å². The van der Waals surface area contributed by atoms with Gasteiger partial charge in [-0.3, -0.25) is 4.79 Å². The highest BCUT2D eigenvalue weighted by Gasteiger charge is 2.32. The summed E-state index contributed by atoms with van der Waals surface area (Å²) < 4.78 is 13.4. The molecule has 0 radical (unpaired) electrons. The van der Waals surface area contributed by atoms with E-state index in [1.807, 2.05) is 23.1 Å². The molecule has 27 heavy (non-hydrogen) atoms. The van der Waals surface area contributed by atoms with E-state index >= 15 is 0 Å². The van der Waals surface area contributed by atoms with Crippen LogP contribution in [0.15, 0.2) is 48.5 Å². The van der Waals surface area contributed by atoms with Crippen molar-refractivity contribution in [1.82, 2.24) is 10.2 Å². The molecular weight excluding hydrogens is 339 g/mol.